The number of rotatable bonds is 48. The van der Waals surface area contributed by atoms with Gasteiger partial charge in [-0.15, -0.1) is 23.5 Å². The Kier molecular flexibility index (Phi) is 45.0. The average Bonchev–Trinajstić information content (AvgIpc) is 3.72. The molecule has 0 bridgehead atoms. The number of hydrogen-bond acceptors (Lipinski definition) is 32. The highest BCUT2D eigenvalue weighted by atomic mass is 32.2. The first-order valence-corrected chi connectivity index (χ1v) is 39.3. The van der Waals surface area contributed by atoms with Crippen LogP contribution >= 0.6 is 94.1 Å². The quantitative estimate of drug-likeness (QED) is 0.0296. The van der Waals surface area contributed by atoms with Crippen molar-refractivity contribution in [3.63, 3.8) is 0 Å². The predicted octanol–water partition coefficient (Wildman–Crippen LogP) is 5.91. The summed E-state index contributed by atoms with van der Waals surface area (Å²) in [6, 6.07) is 0. The van der Waals surface area contributed by atoms with E-state index in [1.54, 1.807) is 37.5 Å². The van der Waals surface area contributed by atoms with Gasteiger partial charge in [0, 0.05) is 11.5 Å². The van der Waals surface area contributed by atoms with Gasteiger partial charge in [0.1, 0.15) is 70.1 Å². The summed E-state index contributed by atoms with van der Waals surface area (Å²) in [7, 11) is 0. The maximum atomic E-state index is 12.8. The molecular weight excluding hydrogens is 1330 g/mol. The van der Waals surface area contributed by atoms with Gasteiger partial charge >= 0.3 is 71.6 Å². The highest BCUT2D eigenvalue weighted by Gasteiger charge is 2.40. The highest BCUT2D eigenvalue weighted by Crippen LogP contribution is 2.31. The third-order valence-corrected chi connectivity index (χ3v) is 18.4. The second-order valence-corrected chi connectivity index (χ2v) is 28.6. The molecule has 0 aliphatic heterocycles. The number of thioether (sulfide) groups is 8. The zero-order chi connectivity index (χ0) is 65.7. The fourth-order valence-electron chi connectivity index (χ4n) is 8.37. The third kappa shape index (κ3) is 39.6. The van der Waals surface area contributed by atoms with Gasteiger partial charge in [-0.25, -0.2) is 0 Å². The molecular formula is C57H88O24S8. The Bertz CT molecular complexity index is 1940. The molecule has 0 radical (unpaired) electrons. The zero-order valence-corrected chi connectivity index (χ0v) is 58.2. The number of hydrogen-bond donors (Lipinski definition) is 0. The SMILES string of the molecule is CSCC(=O)OCC(COC(=O)CSC)(COC(=O)CSC)COC(=O)CSCCC(=O)OCC1CCC(COC(=O)CC(=O)OCC2CCC(COC(=O)CCSCC(=O)OCC(COC(=O)CSC)(COC(=O)CSC)COC(=O)CSC)CC2)CC1. The largest absolute Gasteiger partial charge is 0.465 e. The van der Waals surface area contributed by atoms with Gasteiger partial charge in [0.05, 0.1) is 85.3 Å². The van der Waals surface area contributed by atoms with Crippen molar-refractivity contribution < 1.29 is 114 Å². The van der Waals surface area contributed by atoms with Gasteiger partial charge in [-0.05, 0) is 113 Å². The van der Waals surface area contributed by atoms with Crippen molar-refractivity contribution in [1.82, 2.24) is 0 Å². The lowest BCUT2D eigenvalue weighted by Gasteiger charge is -2.31. The summed E-state index contributed by atoms with van der Waals surface area (Å²) in [6.45, 7) is -2.04. The molecule has 0 unspecified atom stereocenters. The van der Waals surface area contributed by atoms with E-state index in [2.05, 4.69) is 0 Å². The van der Waals surface area contributed by atoms with Crippen molar-refractivity contribution in [3.05, 3.63) is 0 Å². The second-order valence-electron chi connectivity index (χ2n) is 21.2. The molecule has 0 aromatic carbocycles. The van der Waals surface area contributed by atoms with Gasteiger partial charge in [-0.2, -0.15) is 70.6 Å². The number of ether oxygens (including phenoxy) is 12. The molecule has 2 aliphatic carbocycles. The smallest absolute Gasteiger partial charge is 0.317 e. The summed E-state index contributed by atoms with van der Waals surface area (Å²) in [6.07, 6.45) is 15.9. The van der Waals surface area contributed by atoms with E-state index >= 15 is 0 Å². The van der Waals surface area contributed by atoms with Gasteiger partial charge in [-0.3, -0.25) is 57.5 Å². The molecule has 0 atom stereocenters. The molecule has 2 aliphatic rings. The Morgan fingerprint density at radius 2 is 0.461 bits per heavy atom. The Hall–Kier alpha value is -3.56. The average molecular weight is 1410 g/mol. The van der Waals surface area contributed by atoms with Crippen LogP contribution in [0.2, 0.25) is 0 Å². The van der Waals surface area contributed by atoms with E-state index in [-0.39, 0.29) is 173 Å². The molecule has 24 nitrogen and oxygen atoms in total. The number of esters is 12. The van der Waals surface area contributed by atoms with E-state index in [0.29, 0.717) is 0 Å². The Balaban J connectivity index is 1.63. The lowest BCUT2D eigenvalue weighted by atomic mass is 9.83. The molecule has 0 spiro atoms. The van der Waals surface area contributed by atoms with Gasteiger partial charge in [0.15, 0.2) is 0 Å². The normalized spacial score (nSPS) is 16.5. The van der Waals surface area contributed by atoms with Crippen LogP contribution in [0.4, 0.5) is 0 Å². The number of carbonyl (C=O) groups excluding carboxylic acids is 12. The second kappa shape index (κ2) is 49.1. The molecule has 32 heteroatoms. The minimum atomic E-state index is -1.36. The molecule has 2 saturated carbocycles. The molecule has 0 amide bonds. The molecule has 0 saturated heterocycles. The van der Waals surface area contributed by atoms with Crippen molar-refractivity contribution in [1.29, 1.82) is 0 Å². The van der Waals surface area contributed by atoms with Crippen molar-refractivity contribution in [2.24, 2.45) is 34.5 Å². The van der Waals surface area contributed by atoms with Crippen LogP contribution in [0.3, 0.4) is 0 Å². The van der Waals surface area contributed by atoms with E-state index in [9.17, 15) is 57.5 Å². The van der Waals surface area contributed by atoms with Crippen molar-refractivity contribution in [2.75, 3.05) is 174 Å². The van der Waals surface area contributed by atoms with Crippen LogP contribution in [0.5, 0.6) is 0 Å². The standard InChI is InChI=1S/C57H88O24S8/c1-82-24-48(62)74-32-56(33-75-49(63)25-83-2,34-76-50(64)26-84-3)38-80-54(68)30-88-17-15-44(58)70-20-40-7-11-42(12-8-40)22-72-46(60)19-47(61)73-23-43-13-9-41(10-14-43)21-71-45(59)16-18-89-31-55(69)81-39-57(35-77-51(65)27-85-4,36-78-52(66)28-86-5)37-79-53(67)29-87-6/h40-43H,7-39H2,1-6H3. The molecule has 0 aromatic rings. The lowest BCUT2D eigenvalue weighted by molar-refractivity contribution is -0.170. The van der Waals surface area contributed by atoms with Crippen LogP contribution in [-0.4, -0.2) is 246 Å². The van der Waals surface area contributed by atoms with Crippen LogP contribution in [0, 0.1) is 34.5 Å². The maximum absolute atomic E-state index is 12.8. The minimum Gasteiger partial charge on any atom is -0.465 e. The van der Waals surface area contributed by atoms with E-state index in [1.807, 2.05) is 0 Å². The predicted molar refractivity (Wildman–Crippen MR) is 346 cm³/mol. The molecule has 0 heterocycles. The third-order valence-electron chi connectivity index (χ3n) is 13.4. The topological polar surface area (TPSA) is 316 Å². The summed E-state index contributed by atoms with van der Waals surface area (Å²) in [5.74, 6) is -5.67. The molecule has 0 aromatic heterocycles. The number of carbonyl (C=O) groups is 12. The zero-order valence-electron chi connectivity index (χ0n) is 51.7. The summed E-state index contributed by atoms with van der Waals surface area (Å²) < 4.78 is 65.3. The summed E-state index contributed by atoms with van der Waals surface area (Å²) >= 11 is 9.79. The van der Waals surface area contributed by atoms with E-state index in [0.717, 1.165) is 74.9 Å². The van der Waals surface area contributed by atoms with Crippen molar-refractivity contribution >= 4 is 166 Å². The fraction of sp³-hybridized carbons (Fsp3) is 0.789. The first-order chi connectivity index (χ1) is 42.7. The van der Waals surface area contributed by atoms with Crippen LogP contribution in [0.25, 0.3) is 0 Å². The summed E-state index contributed by atoms with van der Waals surface area (Å²) in [5.41, 5.74) is -2.73. The maximum Gasteiger partial charge on any atom is 0.317 e. The Morgan fingerprint density at radius 1 is 0.270 bits per heavy atom. The van der Waals surface area contributed by atoms with Crippen LogP contribution < -0.4 is 0 Å². The summed E-state index contributed by atoms with van der Waals surface area (Å²) in [5, 5.41) is 0. The van der Waals surface area contributed by atoms with Gasteiger partial charge in [0.25, 0.3) is 0 Å². The first-order valence-electron chi connectivity index (χ1n) is 28.7. The van der Waals surface area contributed by atoms with E-state index in [4.69, 9.17) is 56.8 Å². The molecule has 508 valence electrons. The molecule has 89 heavy (non-hydrogen) atoms. The monoisotopic (exact) mass is 1410 g/mol. The van der Waals surface area contributed by atoms with Gasteiger partial charge in [0.2, 0.25) is 0 Å². The Morgan fingerprint density at radius 3 is 0.663 bits per heavy atom. The van der Waals surface area contributed by atoms with Crippen LogP contribution in [0.1, 0.15) is 70.6 Å². The van der Waals surface area contributed by atoms with Crippen LogP contribution in [0.15, 0.2) is 0 Å². The highest BCUT2D eigenvalue weighted by molar-refractivity contribution is 8.01. The molecule has 2 rings (SSSR count). The van der Waals surface area contributed by atoms with E-state index < -0.39 is 88.9 Å². The first kappa shape index (κ1) is 81.5. The lowest BCUT2D eigenvalue weighted by Crippen LogP contribution is -2.44. The molecule has 2 fully saturated rings. The van der Waals surface area contributed by atoms with E-state index in [1.165, 1.54) is 70.6 Å². The van der Waals surface area contributed by atoms with Crippen molar-refractivity contribution in [3.8, 4) is 0 Å². The fourth-order valence-corrected chi connectivity index (χ4v) is 11.7. The van der Waals surface area contributed by atoms with Crippen LogP contribution in [-0.2, 0) is 114 Å². The van der Waals surface area contributed by atoms with Gasteiger partial charge in [-0.1, -0.05) is 0 Å². The summed E-state index contributed by atoms with van der Waals surface area (Å²) in [4.78, 5) is 149. The van der Waals surface area contributed by atoms with Crippen molar-refractivity contribution in [2.45, 2.75) is 70.6 Å². The Labute approximate surface area is 555 Å². The van der Waals surface area contributed by atoms with Gasteiger partial charge < -0.3 is 56.8 Å². The molecule has 0 N–H and O–H groups in total. The minimum absolute atomic E-state index is 0.0483.